The Balaban J connectivity index is 1.62. The summed E-state index contributed by atoms with van der Waals surface area (Å²) in [4.78, 5) is 14.9. The van der Waals surface area contributed by atoms with Crippen LogP contribution in [0.2, 0.25) is 5.02 Å². The van der Waals surface area contributed by atoms with Gasteiger partial charge in [0, 0.05) is 25.7 Å². The van der Waals surface area contributed by atoms with E-state index in [9.17, 15) is 4.79 Å². The number of nitrogens with one attached hydrogen (secondary N) is 1. The van der Waals surface area contributed by atoms with Crippen LogP contribution in [-0.4, -0.2) is 39.8 Å². The van der Waals surface area contributed by atoms with E-state index in [0.717, 1.165) is 30.9 Å². The van der Waals surface area contributed by atoms with Crippen molar-refractivity contribution in [1.82, 2.24) is 5.32 Å². The lowest BCUT2D eigenvalue weighted by Gasteiger charge is -2.21. The second kappa shape index (κ2) is 8.39. The summed E-state index contributed by atoms with van der Waals surface area (Å²) in [6.07, 6.45) is 0.998. The Morgan fingerprint density at radius 2 is 2.00 bits per heavy atom. The molecule has 6 nitrogen and oxygen atoms in total. The molecule has 0 aliphatic carbocycles. The molecule has 0 radical (unpaired) electrons. The van der Waals surface area contributed by atoms with E-state index in [1.54, 1.807) is 19.2 Å². The van der Waals surface area contributed by atoms with Crippen LogP contribution in [0.3, 0.4) is 0 Å². The normalized spacial score (nSPS) is 16.3. The first-order valence-corrected chi connectivity index (χ1v) is 9.20. The SMILES string of the molecule is COc1cc(N)c(Cl)cc1C(=O)NCC1CCN(c2ccccc2OC)C1. The number of benzene rings is 2. The largest absolute Gasteiger partial charge is 0.496 e. The molecule has 0 saturated carbocycles. The van der Waals surface area contributed by atoms with Gasteiger partial charge in [-0.25, -0.2) is 0 Å². The van der Waals surface area contributed by atoms with E-state index in [0.29, 0.717) is 34.5 Å². The monoisotopic (exact) mass is 389 g/mol. The summed E-state index contributed by atoms with van der Waals surface area (Å²) < 4.78 is 10.7. The molecule has 0 spiro atoms. The van der Waals surface area contributed by atoms with Crippen LogP contribution in [0, 0.1) is 5.92 Å². The van der Waals surface area contributed by atoms with Crippen LogP contribution < -0.4 is 25.4 Å². The number of carbonyl (C=O) groups is 1. The van der Waals surface area contributed by atoms with Gasteiger partial charge in [-0.3, -0.25) is 4.79 Å². The number of hydrogen-bond donors (Lipinski definition) is 2. The van der Waals surface area contributed by atoms with Gasteiger partial charge in [0.1, 0.15) is 11.5 Å². The van der Waals surface area contributed by atoms with Gasteiger partial charge in [-0.2, -0.15) is 0 Å². The maximum atomic E-state index is 12.6. The topological polar surface area (TPSA) is 76.8 Å². The summed E-state index contributed by atoms with van der Waals surface area (Å²) in [5.41, 5.74) is 7.63. The van der Waals surface area contributed by atoms with Gasteiger partial charge in [0.25, 0.3) is 5.91 Å². The third kappa shape index (κ3) is 4.22. The number of amides is 1. The predicted molar refractivity (Wildman–Crippen MR) is 108 cm³/mol. The molecule has 1 amide bonds. The average Bonchev–Trinajstić information content (AvgIpc) is 3.16. The zero-order chi connectivity index (χ0) is 19.4. The van der Waals surface area contributed by atoms with Crippen LogP contribution in [0.15, 0.2) is 36.4 Å². The van der Waals surface area contributed by atoms with Crippen molar-refractivity contribution in [2.24, 2.45) is 5.92 Å². The van der Waals surface area contributed by atoms with Gasteiger partial charge in [0.15, 0.2) is 0 Å². The molecule has 1 saturated heterocycles. The van der Waals surface area contributed by atoms with Gasteiger partial charge < -0.3 is 25.4 Å². The number of hydrogen-bond acceptors (Lipinski definition) is 5. The molecular formula is C20H24ClN3O3. The average molecular weight is 390 g/mol. The number of carbonyl (C=O) groups excluding carboxylic acids is 1. The highest BCUT2D eigenvalue weighted by Gasteiger charge is 2.25. The van der Waals surface area contributed by atoms with Crippen molar-refractivity contribution >= 4 is 28.9 Å². The Hall–Kier alpha value is -2.60. The summed E-state index contributed by atoms with van der Waals surface area (Å²) >= 11 is 6.05. The molecule has 1 atom stereocenters. The van der Waals surface area contributed by atoms with Crippen molar-refractivity contribution in [3.63, 3.8) is 0 Å². The number of para-hydroxylation sites is 2. The molecule has 1 aliphatic rings. The van der Waals surface area contributed by atoms with Crippen molar-refractivity contribution in [1.29, 1.82) is 0 Å². The van der Waals surface area contributed by atoms with Crippen molar-refractivity contribution in [3.8, 4) is 11.5 Å². The fraction of sp³-hybridized carbons (Fsp3) is 0.350. The van der Waals surface area contributed by atoms with E-state index in [-0.39, 0.29) is 5.91 Å². The number of halogens is 1. The molecule has 144 valence electrons. The number of ether oxygens (including phenoxy) is 2. The lowest BCUT2D eigenvalue weighted by Crippen LogP contribution is -2.31. The summed E-state index contributed by atoms with van der Waals surface area (Å²) in [7, 11) is 3.18. The Morgan fingerprint density at radius 3 is 2.74 bits per heavy atom. The first kappa shape index (κ1) is 19.2. The third-order valence-corrected chi connectivity index (χ3v) is 5.15. The second-order valence-corrected chi connectivity index (χ2v) is 6.96. The molecule has 1 heterocycles. The molecule has 1 fully saturated rings. The van der Waals surface area contributed by atoms with Crippen LogP contribution in [-0.2, 0) is 0 Å². The zero-order valence-corrected chi connectivity index (χ0v) is 16.3. The van der Waals surface area contributed by atoms with E-state index < -0.39 is 0 Å². The molecule has 27 heavy (non-hydrogen) atoms. The molecule has 2 aromatic rings. The number of nitrogen functional groups attached to an aromatic ring is 1. The van der Waals surface area contributed by atoms with E-state index in [1.165, 1.54) is 7.11 Å². The van der Waals surface area contributed by atoms with Crippen molar-refractivity contribution in [3.05, 3.63) is 47.0 Å². The van der Waals surface area contributed by atoms with Crippen LogP contribution >= 0.6 is 11.6 Å². The molecule has 0 aromatic heterocycles. The first-order chi connectivity index (χ1) is 13.0. The lowest BCUT2D eigenvalue weighted by molar-refractivity contribution is 0.0945. The smallest absolute Gasteiger partial charge is 0.255 e. The third-order valence-electron chi connectivity index (χ3n) is 4.83. The van der Waals surface area contributed by atoms with Gasteiger partial charge in [0.2, 0.25) is 0 Å². The molecule has 2 aromatic carbocycles. The number of anilines is 2. The summed E-state index contributed by atoms with van der Waals surface area (Å²) in [6, 6.07) is 11.1. The minimum atomic E-state index is -0.218. The quantitative estimate of drug-likeness (QED) is 0.742. The van der Waals surface area contributed by atoms with Crippen molar-refractivity contribution in [2.45, 2.75) is 6.42 Å². The number of nitrogens with two attached hydrogens (primary N) is 1. The standard InChI is InChI=1S/C20H24ClN3O3/c1-26-18-6-4-3-5-17(18)24-8-7-13(12-24)11-23-20(25)14-9-15(21)16(22)10-19(14)27-2/h3-6,9-10,13H,7-8,11-12,22H2,1-2H3,(H,23,25). The zero-order valence-electron chi connectivity index (χ0n) is 15.5. The minimum absolute atomic E-state index is 0.218. The maximum Gasteiger partial charge on any atom is 0.255 e. The molecule has 1 aliphatic heterocycles. The highest BCUT2D eigenvalue weighted by Crippen LogP contribution is 2.32. The minimum Gasteiger partial charge on any atom is -0.496 e. The molecule has 7 heteroatoms. The summed E-state index contributed by atoms with van der Waals surface area (Å²) in [6.45, 7) is 2.37. The van der Waals surface area contributed by atoms with Gasteiger partial charge in [-0.15, -0.1) is 0 Å². The second-order valence-electron chi connectivity index (χ2n) is 6.56. The van der Waals surface area contributed by atoms with Gasteiger partial charge >= 0.3 is 0 Å². The fourth-order valence-electron chi connectivity index (χ4n) is 3.36. The molecule has 1 unspecified atom stereocenters. The van der Waals surface area contributed by atoms with Gasteiger partial charge in [-0.05, 0) is 30.5 Å². The Kier molecular flexibility index (Phi) is 5.96. The molecule has 3 rings (SSSR count). The number of rotatable bonds is 6. The molecule has 0 bridgehead atoms. The van der Waals surface area contributed by atoms with E-state index in [2.05, 4.69) is 16.3 Å². The lowest BCUT2D eigenvalue weighted by atomic mass is 10.1. The summed E-state index contributed by atoms with van der Waals surface area (Å²) in [5.74, 6) is 1.42. The fourth-order valence-corrected chi connectivity index (χ4v) is 3.52. The first-order valence-electron chi connectivity index (χ1n) is 8.82. The highest BCUT2D eigenvalue weighted by molar-refractivity contribution is 6.33. The van der Waals surface area contributed by atoms with Crippen molar-refractivity contribution in [2.75, 3.05) is 44.5 Å². The maximum absolute atomic E-state index is 12.6. The molecular weight excluding hydrogens is 366 g/mol. The van der Waals surface area contributed by atoms with Crippen LogP contribution in [0.5, 0.6) is 11.5 Å². The van der Waals surface area contributed by atoms with E-state index >= 15 is 0 Å². The van der Waals surface area contributed by atoms with Gasteiger partial charge in [-0.1, -0.05) is 23.7 Å². The highest BCUT2D eigenvalue weighted by atomic mass is 35.5. The van der Waals surface area contributed by atoms with Crippen LogP contribution in [0.4, 0.5) is 11.4 Å². The Labute approximate surface area is 164 Å². The van der Waals surface area contributed by atoms with E-state index in [1.807, 2.05) is 18.2 Å². The Morgan fingerprint density at radius 1 is 1.26 bits per heavy atom. The predicted octanol–water partition coefficient (Wildman–Crippen LogP) is 3.20. The van der Waals surface area contributed by atoms with Crippen LogP contribution in [0.1, 0.15) is 16.8 Å². The van der Waals surface area contributed by atoms with Crippen LogP contribution in [0.25, 0.3) is 0 Å². The van der Waals surface area contributed by atoms with Crippen molar-refractivity contribution < 1.29 is 14.3 Å². The number of nitrogens with zero attached hydrogens (tertiary/aromatic N) is 1. The van der Waals surface area contributed by atoms with E-state index in [4.69, 9.17) is 26.8 Å². The Bertz CT molecular complexity index is 828. The van der Waals surface area contributed by atoms with Gasteiger partial charge in [0.05, 0.1) is 36.2 Å². The number of methoxy groups -OCH3 is 2. The summed E-state index contributed by atoms with van der Waals surface area (Å²) in [5, 5.41) is 3.32. The molecule has 3 N–H and O–H groups in total.